The standard InChI is InChI=1S/C11H10N4OS/c12-9(16)6-1-2-8-7(5-6)15-10-11(17-8)14-4-3-13-10/h3-5H,1-2H2,(H2,12,16)(H,13,15). The first kappa shape index (κ1) is 10.3. The zero-order chi connectivity index (χ0) is 11.8. The van der Waals surface area contributed by atoms with Gasteiger partial charge in [0.1, 0.15) is 5.03 Å². The van der Waals surface area contributed by atoms with E-state index in [1.165, 1.54) is 4.91 Å². The number of aromatic nitrogens is 2. The van der Waals surface area contributed by atoms with Crippen molar-refractivity contribution in [2.24, 2.45) is 5.73 Å². The predicted octanol–water partition coefficient (Wildman–Crippen LogP) is 1.41. The molecule has 0 saturated carbocycles. The third-order valence-corrected chi connectivity index (χ3v) is 3.86. The van der Waals surface area contributed by atoms with Crippen LogP contribution in [0.1, 0.15) is 12.8 Å². The largest absolute Gasteiger partial charge is 0.366 e. The lowest BCUT2D eigenvalue weighted by atomic mass is 10.0. The summed E-state index contributed by atoms with van der Waals surface area (Å²) in [6.45, 7) is 0. The fourth-order valence-corrected chi connectivity index (χ4v) is 2.82. The van der Waals surface area contributed by atoms with Gasteiger partial charge < -0.3 is 11.1 Å². The maximum absolute atomic E-state index is 11.1. The van der Waals surface area contributed by atoms with Crippen molar-refractivity contribution in [1.29, 1.82) is 0 Å². The Balaban J connectivity index is 1.98. The number of hydrogen-bond donors (Lipinski definition) is 2. The average molecular weight is 246 g/mol. The lowest BCUT2D eigenvalue weighted by molar-refractivity contribution is -0.114. The van der Waals surface area contributed by atoms with Crippen molar-refractivity contribution in [2.75, 3.05) is 5.32 Å². The molecule has 86 valence electrons. The molecule has 1 aliphatic heterocycles. The highest BCUT2D eigenvalue weighted by atomic mass is 32.2. The minimum absolute atomic E-state index is 0.353. The second kappa shape index (κ2) is 3.89. The number of thioether (sulfide) groups is 1. The van der Waals surface area contributed by atoms with Crippen molar-refractivity contribution >= 4 is 23.5 Å². The fraction of sp³-hybridized carbons (Fsp3) is 0.182. The molecule has 3 N–H and O–H groups in total. The van der Waals surface area contributed by atoms with Crippen LogP contribution in [0.2, 0.25) is 0 Å². The Morgan fingerprint density at radius 1 is 1.35 bits per heavy atom. The maximum atomic E-state index is 11.1. The van der Waals surface area contributed by atoms with Gasteiger partial charge in [0.2, 0.25) is 5.91 Å². The summed E-state index contributed by atoms with van der Waals surface area (Å²) in [6, 6.07) is 0. The quantitative estimate of drug-likeness (QED) is 0.783. The van der Waals surface area contributed by atoms with E-state index in [4.69, 9.17) is 5.73 Å². The highest BCUT2D eigenvalue weighted by Crippen LogP contribution is 2.42. The third kappa shape index (κ3) is 1.80. The van der Waals surface area contributed by atoms with Crippen LogP contribution in [0, 0.1) is 0 Å². The highest BCUT2D eigenvalue weighted by molar-refractivity contribution is 8.03. The van der Waals surface area contributed by atoms with Crippen LogP contribution >= 0.6 is 11.8 Å². The van der Waals surface area contributed by atoms with E-state index in [1.807, 2.05) is 6.08 Å². The zero-order valence-corrected chi connectivity index (χ0v) is 9.75. The summed E-state index contributed by atoms with van der Waals surface area (Å²) in [6.07, 6.45) is 6.63. The van der Waals surface area contributed by atoms with Crippen LogP contribution in [-0.4, -0.2) is 15.9 Å². The monoisotopic (exact) mass is 246 g/mol. The molecular weight excluding hydrogens is 236 g/mol. The predicted molar refractivity (Wildman–Crippen MR) is 65.0 cm³/mol. The van der Waals surface area contributed by atoms with Crippen LogP contribution < -0.4 is 11.1 Å². The van der Waals surface area contributed by atoms with Gasteiger partial charge in [-0.3, -0.25) is 4.79 Å². The van der Waals surface area contributed by atoms with E-state index in [0.29, 0.717) is 12.0 Å². The first-order valence-electron chi connectivity index (χ1n) is 5.23. The molecule has 0 radical (unpaired) electrons. The van der Waals surface area contributed by atoms with Gasteiger partial charge in [0, 0.05) is 22.9 Å². The summed E-state index contributed by atoms with van der Waals surface area (Å²) < 4.78 is 0. The topological polar surface area (TPSA) is 80.9 Å². The number of fused-ring (bicyclic) bond motifs is 1. The van der Waals surface area contributed by atoms with E-state index in [9.17, 15) is 4.79 Å². The number of primary amides is 1. The molecule has 1 aliphatic carbocycles. The minimum Gasteiger partial charge on any atom is -0.366 e. The molecule has 2 heterocycles. The highest BCUT2D eigenvalue weighted by Gasteiger charge is 2.23. The van der Waals surface area contributed by atoms with Crippen LogP contribution in [-0.2, 0) is 4.79 Å². The summed E-state index contributed by atoms with van der Waals surface area (Å²) in [4.78, 5) is 20.8. The normalized spacial score (nSPS) is 17.8. The Labute approximate surface area is 102 Å². The number of hydrogen-bond acceptors (Lipinski definition) is 5. The molecule has 3 rings (SSSR count). The van der Waals surface area contributed by atoms with Crippen LogP contribution in [0.4, 0.5) is 5.82 Å². The van der Waals surface area contributed by atoms with Crippen molar-refractivity contribution in [3.8, 4) is 0 Å². The molecule has 17 heavy (non-hydrogen) atoms. The van der Waals surface area contributed by atoms with Crippen molar-refractivity contribution in [3.63, 3.8) is 0 Å². The first-order chi connectivity index (χ1) is 8.24. The van der Waals surface area contributed by atoms with E-state index in [1.54, 1.807) is 24.2 Å². The summed E-state index contributed by atoms with van der Waals surface area (Å²) >= 11 is 1.60. The Bertz CT molecular complexity index is 564. The molecule has 0 unspecified atom stereocenters. The van der Waals surface area contributed by atoms with Gasteiger partial charge in [0.25, 0.3) is 0 Å². The first-order valence-corrected chi connectivity index (χ1v) is 6.05. The molecule has 0 saturated heterocycles. The molecule has 6 heteroatoms. The van der Waals surface area contributed by atoms with Gasteiger partial charge in [-0.15, -0.1) is 0 Å². The summed E-state index contributed by atoms with van der Waals surface area (Å²) in [7, 11) is 0. The number of nitrogens with zero attached hydrogens (tertiary/aromatic N) is 2. The number of nitrogens with two attached hydrogens (primary N) is 1. The number of rotatable bonds is 1. The van der Waals surface area contributed by atoms with Gasteiger partial charge in [0.05, 0.1) is 5.70 Å². The summed E-state index contributed by atoms with van der Waals surface area (Å²) in [5, 5.41) is 4.06. The number of carbonyl (C=O) groups excluding carboxylic acids is 1. The lowest BCUT2D eigenvalue weighted by Gasteiger charge is -2.24. The van der Waals surface area contributed by atoms with Crippen molar-refractivity contribution in [3.05, 3.63) is 34.6 Å². The van der Waals surface area contributed by atoms with E-state index >= 15 is 0 Å². The van der Waals surface area contributed by atoms with E-state index in [-0.39, 0.29) is 5.91 Å². The van der Waals surface area contributed by atoms with Gasteiger partial charge in [-0.2, -0.15) is 0 Å². The Hall–Kier alpha value is -1.82. The van der Waals surface area contributed by atoms with Gasteiger partial charge in [-0.25, -0.2) is 9.97 Å². The van der Waals surface area contributed by atoms with Crippen LogP contribution in [0.15, 0.2) is 39.7 Å². The van der Waals surface area contributed by atoms with Crippen LogP contribution in [0.5, 0.6) is 0 Å². The third-order valence-electron chi connectivity index (χ3n) is 2.69. The molecule has 1 aromatic rings. The molecule has 5 nitrogen and oxygen atoms in total. The molecule has 0 aromatic carbocycles. The molecule has 0 spiro atoms. The number of carbonyl (C=O) groups is 1. The molecular formula is C11H10N4OS. The molecule has 1 amide bonds. The minimum atomic E-state index is -0.353. The van der Waals surface area contributed by atoms with Gasteiger partial charge in [-0.05, 0) is 18.9 Å². The van der Waals surface area contributed by atoms with E-state index < -0.39 is 0 Å². The van der Waals surface area contributed by atoms with E-state index in [0.717, 1.165) is 23.0 Å². The van der Waals surface area contributed by atoms with Crippen LogP contribution in [0.3, 0.4) is 0 Å². The lowest BCUT2D eigenvalue weighted by Crippen LogP contribution is -2.19. The summed E-state index contributed by atoms with van der Waals surface area (Å²) in [5.41, 5.74) is 6.87. The van der Waals surface area contributed by atoms with Gasteiger partial charge in [0.15, 0.2) is 5.82 Å². The van der Waals surface area contributed by atoms with Crippen LogP contribution in [0.25, 0.3) is 0 Å². The second-order valence-corrected chi connectivity index (χ2v) is 4.89. The van der Waals surface area contributed by atoms with Gasteiger partial charge >= 0.3 is 0 Å². The molecule has 0 fully saturated rings. The average Bonchev–Trinajstić information content (AvgIpc) is 2.35. The van der Waals surface area contributed by atoms with Crippen molar-refractivity contribution < 1.29 is 4.79 Å². The Morgan fingerprint density at radius 2 is 2.18 bits per heavy atom. The molecule has 0 bridgehead atoms. The van der Waals surface area contributed by atoms with Gasteiger partial charge in [-0.1, -0.05) is 11.8 Å². The smallest absolute Gasteiger partial charge is 0.244 e. The molecule has 2 aliphatic rings. The maximum Gasteiger partial charge on any atom is 0.244 e. The molecule has 1 aromatic heterocycles. The summed E-state index contributed by atoms with van der Waals surface area (Å²) in [5.74, 6) is 0.381. The van der Waals surface area contributed by atoms with Crippen molar-refractivity contribution in [2.45, 2.75) is 17.9 Å². The number of allylic oxidation sites excluding steroid dienone is 2. The Kier molecular flexibility index (Phi) is 2.36. The van der Waals surface area contributed by atoms with E-state index in [2.05, 4.69) is 15.3 Å². The second-order valence-electron chi connectivity index (χ2n) is 3.81. The Morgan fingerprint density at radius 3 is 3.00 bits per heavy atom. The fourth-order valence-electron chi connectivity index (χ4n) is 1.85. The number of anilines is 1. The van der Waals surface area contributed by atoms with Crippen molar-refractivity contribution in [1.82, 2.24) is 9.97 Å². The number of amides is 1. The SMILES string of the molecule is NC(=O)C1=CC2=C(CC1)Sc1nccnc1N2. The zero-order valence-electron chi connectivity index (χ0n) is 8.93. The number of nitrogens with one attached hydrogen (secondary N) is 1. The molecule has 0 atom stereocenters.